The monoisotopic (exact) mass is 250 g/mol. The minimum Gasteiger partial charge on any atom is -0.459 e. The first-order chi connectivity index (χ1) is 8.52. The van der Waals surface area contributed by atoms with Crippen LogP contribution >= 0.6 is 0 Å². The molecular formula is C13H18N2O3. The van der Waals surface area contributed by atoms with Crippen LogP contribution in [0.25, 0.3) is 0 Å². The number of hydrogen-bond acceptors (Lipinski definition) is 4. The number of anilines is 1. The van der Waals surface area contributed by atoms with Crippen LogP contribution in [0.3, 0.4) is 0 Å². The summed E-state index contributed by atoms with van der Waals surface area (Å²) >= 11 is 0. The lowest BCUT2D eigenvalue weighted by Gasteiger charge is -2.10. The first-order valence-corrected chi connectivity index (χ1v) is 5.74. The Morgan fingerprint density at radius 3 is 2.33 bits per heavy atom. The van der Waals surface area contributed by atoms with Crippen LogP contribution in [0, 0.1) is 0 Å². The zero-order chi connectivity index (χ0) is 13.5. The summed E-state index contributed by atoms with van der Waals surface area (Å²) in [5.74, 6) is -1.62. The van der Waals surface area contributed by atoms with Crippen molar-refractivity contribution in [1.82, 2.24) is 4.90 Å². The molecule has 5 nitrogen and oxygen atoms in total. The van der Waals surface area contributed by atoms with Gasteiger partial charge in [-0.1, -0.05) is 12.1 Å². The summed E-state index contributed by atoms with van der Waals surface area (Å²) in [6, 6.07) is 7.33. The fourth-order valence-corrected chi connectivity index (χ4v) is 1.44. The molecule has 0 bridgehead atoms. The third-order valence-corrected chi connectivity index (χ3v) is 2.17. The minimum atomic E-state index is -0.866. The largest absolute Gasteiger partial charge is 0.459 e. The van der Waals surface area contributed by atoms with Gasteiger partial charge in [0, 0.05) is 12.2 Å². The molecule has 0 saturated heterocycles. The molecule has 0 fully saturated rings. The zero-order valence-corrected chi connectivity index (χ0v) is 10.9. The second-order valence-corrected chi connectivity index (χ2v) is 4.11. The van der Waals surface area contributed by atoms with Gasteiger partial charge in [-0.3, -0.25) is 4.79 Å². The fourth-order valence-electron chi connectivity index (χ4n) is 1.44. The summed E-state index contributed by atoms with van der Waals surface area (Å²) < 4.78 is 4.59. The summed E-state index contributed by atoms with van der Waals surface area (Å²) in [5, 5.41) is 2.48. The van der Waals surface area contributed by atoms with E-state index in [2.05, 4.69) is 10.1 Å². The Morgan fingerprint density at radius 2 is 1.83 bits per heavy atom. The highest BCUT2D eigenvalue weighted by Crippen LogP contribution is 2.10. The van der Waals surface area contributed by atoms with Gasteiger partial charge in [0.2, 0.25) is 0 Å². The molecule has 0 saturated carbocycles. The van der Waals surface area contributed by atoms with Gasteiger partial charge in [-0.25, -0.2) is 4.79 Å². The Bertz CT molecular complexity index is 413. The maximum atomic E-state index is 11.4. The van der Waals surface area contributed by atoms with Crippen molar-refractivity contribution in [3.63, 3.8) is 0 Å². The summed E-state index contributed by atoms with van der Waals surface area (Å²) in [7, 11) is 3.97. The van der Waals surface area contributed by atoms with Crippen molar-refractivity contribution >= 4 is 17.6 Å². The number of nitrogens with zero attached hydrogens (tertiary/aromatic N) is 1. The predicted molar refractivity (Wildman–Crippen MR) is 69.1 cm³/mol. The Balaban J connectivity index is 2.58. The molecule has 1 aromatic rings. The molecule has 0 spiro atoms. The molecule has 0 radical (unpaired) electrons. The van der Waals surface area contributed by atoms with Crippen molar-refractivity contribution in [3.05, 3.63) is 29.8 Å². The number of rotatable bonds is 4. The number of ether oxygens (including phenoxy) is 1. The van der Waals surface area contributed by atoms with Gasteiger partial charge < -0.3 is 15.0 Å². The van der Waals surface area contributed by atoms with Crippen LogP contribution in [0.1, 0.15) is 12.5 Å². The molecule has 0 atom stereocenters. The second-order valence-electron chi connectivity index (χ2n) is 4.11. The van der Waals surface area contributed by atoms with Crippen molar-refractivity contribution in [2.75, 3.05) is 26.0 Å². The molecule has 18 heavy (non-hydrogen) atoms. The number of esters is 1. The second kappa shape index (κ2) is 6.76. The minimum absolute atomic E-state index is 0.189. The maximum Gasteiger partial charge on any atom is 0.397 e. The van der Waals surface area contributed by atoms with E-state index in [-0.39, 0.29) is 6.61 Å². The standard InChI is InChI=1S/C13H18N2O3/c1-4-18-13(17)12(16)14-11-7-5-10(6-8-11)9-15(2)3/h5-8H,4,9H2,1-3H3,(H,14,16). The topological polar surface area (TPSA) is 58.6 Å². The third-order valence-electron chi connectivity index (χ3n) is 2.17. The molecule has 0 aromatic heterocycles. The van der Waals surface area contributed by atoms with E-state index < -0.39 is 11.9 Å². The van der Waals surface area contributed by atoms with Crippen LogP contribution in [0.4, 0.5) is 5.69 Å². The summed E-state index contributed by atoms with van der Waals surface area (Å²) in [6.07, 6.45) is 0. The van der Waals surface area contributed by atoms with E-state index in [1.807, 2.05) is 31.1 Å². The number of carbonyl (C=O) groups excluding carboxylic acids is 2. The summed E-state index contributed by atoms with van der Waals surface area (Å²) in [5.41, 5.74) is 1.71. The van der Waals surface area contributed by atoms with E-state index >= 15 is 0 Å². The van der Waals surface area contributed by atoms with E-state index in [4.69, 9.17) is 0 Å². The smallest absolute Gasteiger partial charge is 0.397 e. The molecule has 98 valence electrons. The molecule has 0 heterocycles. The molecule has 5 heteroatoms. The van der Waals surface area contributed by atoms with Crippen molar-refractivity contribution in [2.45, 2.75) is 13.5 Å². The van der Waals surface area contributed by atoms with E-state index in [1.54, 1.807) is 19.1 Å². The van der Waals surface area contributed by atoms with Gasteiger partial charge in [0.15, 0.2) is 0 Å². The number of hydrogen-bond donors (Lipinski definition) is 1. The van der Waals surface area contributed by atoms with Gasteiger partial charge in [0.05, 0.1) is 6.61 Å². The van der Waals surface area contributed by atoms with Crippen LogP contribution in [0.15, 0.2) is 24.3 Å². The molecule has 0 aliphatic carbocycles. The first-order valence-electron chi connectivity index (χ1n) is 5.74. The fraction of sp³-hybridized carbons (Fsp3) is 0.385. The van der Waals surface area contributed by atoms with Crippen LogP contribution in [-0.2, 0) is 20.9 Å². The number of carbonyl (C=O) groups is 2. The van der Waals surface area contributed by atoms with Crippen molar-refractivity contribution in [1.29, 1.82) is 0 Å². The van der Waals surface area contributed by atoms with Crippen LogP contribution < -0.4 is 5.32 Å². The van der Waals surface area contributed by atoms with E-state index in [0.717, 1.165) is 12.1 Å². The van der Waals surface area contributed by atoms with E-state index in [9.17, 15) is 9.59 Å². The van der Waals surface area contributed by atoms with Crippen LogP contribution in [0.2, 0.25) is 0 Å². The molecule has 1 N–H and O–H groups in total. The summed E-state index contributed by atoms with van der Waals surface area (Å²) in [6.45, 7) is 2.67. The lowest BCUT2D eigenvalue weighted by Crippen LogP contribution is -2.24. The Morgan fingerprint density at radius 1 is 1.22 bits per heavy atom. The molecular weight excluding hydrogens is 232 g/mol. The molecule has 1 aromatic carbocycles. The highest BCUT2D eigenvalue weighted by Gasteiger charge is 2.14. The highest BCUT2D eigenvalue weighted by molar-refractivity contribution is 6.37. The highest BCUT2D eigenvalue weighted by atomic mass is 16.5. The molecule has 1 rings (SSSR count). The normalized spacial score (nSPS) is 10.2. The lowest BCUT2D eigenvalue weighted by molar-refractivity contribution is -0.152. The van der Waals surface area contributed by atoms with Gasteiger partial charge >= 0.3 is 11.9 Å². The van der Waals surface area contributed by atoms with Gasteiger partial charge in [-0.2, -0.15) is 0 Å². The maximum absolute atomic E-state index is 11.4. The summed E-state index contributed by atoms with van der Waals surface area (Å²) in [4.78, 5) is 24.5. The molecule has 0 unspecified atom stereocenters. The number of amides is 1. The van der Waals surface area contributed by atoms with Gasteiger partial charge in [-0.15, -0.1) is 0 Å². The Labute approximate surface area is 107 Å². The molecule has 0 aliphatic rings. The van der Waals surface area contributed by atoms with Gasteiger partial charge in [0.25, 0.3) is 0 Å². The zero-order valence-electron chi connectivity index (χ0n) is 10.9. The van der Waals surface area contributed by atoms with Crippen molar-refractivity contribution < 1.29 is 14.3 Å². The van der Waals surface area contributed by atoms with Gasteiger partial charge in [-0.05, 0) is 38.7 Å². The molecule has 1 amide bonds. The van der Waals surface area contributed by atoms with E-state index in [0.29, 0.717) is 5.69 Å². The van der Waals surface area contributed by atoms with Crippen molar-refractivity contribution in [2.24, 2.45) is 0 Å². The SMILES string of the molecule is CCOC(=O)C(=O)Nc1ccc(CN(C)C)cc1. The Hall–Kier alpha value is -1.88. The lowest BCUT2D eigenvalue weighted by atomic mass is 10.2. The molecule has 0 aliphatic heterocycles. The predicted octanol–water partition coefficient (Wildman–Crippen LogP) is 1.25. The Kier molecular flexibility index (Phi) is 5.32. The first kappa shape index (κ1) is 14.2. The van der Waals surface area contributed by atoms with Crippen LogP contribution in [-0.4, -0.2) is 37.5 Å². The number of nitrogens with one attached hydrogen (secondary N) is 1. The van der Waals surface area contributed by atoms with Gasteiger partial charge in [0.1, 0.15) is 0 Å². The average molecular weight is 250 g/mol. The number of benzene rings is 1. The quantitative estimate of drug-likeness (QED) is 0.645. The van der Waals surface area contributed by atoms with Crippen LogP contribution in [0.5, 0.6) is 0 Å². The third kappa shape index (κ3) is 4.55. The van der Waals surface area contributed by atoms with Crippen molar-refractivity contribution in [3.8, 4) is 0 Å². The van der Waals surface area contributed by atoms with E-state index in [1.165, 1.54) is 0 Å². The average Bonchev–Trinajstić information content (AvgIpc) is 2.31.